The molecule has 0 radical (unpaired) electrons. The molecule has 2 aromatic heterocycles. The van der Waals surface area contributed by atoms with Gasteiger partial charge in [-0.3, -0.25) is 19.7 Å². The van der Waals surface area contributed by atoms with Gasteiger partial charge in [0.1, 0.15) is 11.7 Å². The Hall–Kier alpha value is -4.08. The molecule has 10 heteroatoms. The van der Waals surface area contributed by atoms with E-state index in [1.54, 1.807) is 29.1 Å². The van der Waals surface area contributed by atoms with Crippen molar-refractivity contribution in [3.05, 3.63) is 53.7 Å². The third kappa shape index (κ3) is 3.49. The van der Waals surface area contributed by atoms with Gasteiger partial charge in [-0.15, -0.1) is 5.10 Å². The topological polar surface area (TPSA) is 119 Å². The molecule has 0 aliphatic carbocycles. The number of imide groups is 1. The summed E-state index contributed by atoms with van der Waals surface area (Å²) in [5.74, 6) is -0.423. The molecule has 10 nitrogen and oxygen atoms in total. The first-order valence-corrected chi connectivity index (χ1v) is 10.3. The van der Waals surface area contributed by atoms with E-state index in [-0.39, 0.29) is 18.2 Å². The van der Waals surface area contributed by atoms with Crippen LogP contribution in [0.15, 0.2) is 42.6 Å². The highest BCUT2D eigenvalue weighted by Gasteiger charge is 2.39. The minimum atomic E-state index is -0.641. The van der Waals surface area contributed by atoms with Gasteiger partial charge in [-0.1, -0.05) is 11.3 Å². The smallest absolute Gasteiger partial charge is 0.255 e. The fourth-order valence-corrected chi connectivity index (χ4v) is 4.00. The molecule has 0 bridgehead atoms. The summed E-state index contributed by atoms with van der Waals surface area (Å²) in [7, 11) is 0. The zero-order valence-corrected chi connectivity index (χ0v) is 17.3. The molecule has 1 unspecified atom stereocenters. The lowest BCUT2D eigenvalue weighted by molar-refractivity contribution is -0.136. The molecule has 1 N–H and O–H groups in total. The summed E-state index contributed by atoms with van der Waals surface area (Å²) in [4.78, 5) is 42.4. The molecule has 3 aromatic rings. The number of aromatic nitrogens is 4. The Kier molecular flexibility index (Phi) is 4.89. The Morgan fingerprint density at radius 2 is 2.03 bits per heavy atom. The van der Waals surface area contributed by atoms with E-state index in [0.29, 0.717) is 42.4 Å². The zero-order valence-electron chi connectivity index (χ0n) is 17.3. The third-order valence-electron chi connectivity index (χ3n) is 5.54. The van der Waals surface area contributed by atoms with Gasteiger partial charge >= 0.3 is 0 Å². The van der Waals surface area contributed by atoms with Crippen LogP contribution in [0.1, 0.15) is 35.7 Å². The normalized spacial score (nSPS) is 18.0. The summed E-state index contributed by atoms with van der Waals surface area (Å²) in [5, 5.41) is 10.7. The van der Waals surface area contributed by atoms with Gasteiger partial charge in [0, 0.05) is 24.6 Å². The van der Waals surface area contributed by atoms with E-state index < -0.39 is 11.9 Å². The summed E-state index contributed by atoms with van der Waals surface area (Å²) in [6.45, 7) is 2.71. The molecule has 3 amide bonds. The lowest BCUT2D eigenvalue weighted by atomic mass is 10.0. The van der Waals surface area contributed by atoms with E-state index in [1.807, 2.05) is 25.1 Å². The van der Waals surface area contributed by atoms with Crippen LogP contribution in [0.5, 0.6) is 5.88 Å². The molecule has 5 rings (SSSR count). The number of rotatable bonds is 5. The number of amides is 3. The SMILES string of the molecule is CCOc1cccc(-c2cn(-c3ccc4c(c3)CN(C3CCC(=O)NC3=O)C4=O)nn2)n1. The highest BCUT2D eigenvalue weighted by Crippen LogP contribution is 2.29. The van der Waals surface area contributed by atoms with Gasteiger partial charge in [0.25, 0.3) is 5.91 Å². The fraction of sp³-hybridized carbons (Fsp3) is 0.273. The predicted octanol–water partition coefficient (Wildman–Crippen LogP) is 1.49. The van der Waals surface area contributed by atoms with E-state index in [9.17, 15) is 14.4 Å². The molecule has 0 saturated carbocycles. The number of hydrogen-bond donors (Lipinski definition) is 1. The highest BCUT2D eigenvalue weighted by atomic mass is 16.5. The van der Waals surface area contributed by atoms with Crippen LogP contribution in [0.4, 0.5) is 0 Å². The Labute approximate surface area is 183 Å². The van der Waals surface area contributed by atoms with Crippen molar-refractivity contribution in [3.8, 4) is 23.0 Å². The lowest BCUT2D eigenvalue weighted by Crippen LogP contribution is -2.52. The molecule has 1 atom stereocenters. The maximum atomic E-state index is 12.9. The Morgan fingerprint density at radius 1 is 1.16 bits per heavy atom. The second-order valence-corrected chi connectivity index (χ2v) is 7.58. The number of ether oxygens (including phenoxy) is 1. The number of fused-ring (bicyclic) bond motifs is 1. The van der Waals surface area contributed by atoms with Crippen molar-refractivity contribution in [2.24, 2.45) is 0 Å². The van der Waals surface area contributed by atoms with Crippen molar-refractivity contribution >= 4 is 17.7 Å². The first-order valence-electron chi connectivity index (χ1n) is 10.3. The average molecular weight is 432 g/mol. The maximum absolute atomic E-state index is 12.9. The number of piperidine rings is 1. The number of benzene rings is 1. The van der Waals surface area contributed by atoms with Crippen LogP contribution in [0.25, 0.3) is 17.1 Å². The first-order chi connectivity index (χ1) is 15.5. The van der Waals surface area contributed by atoms with Gasteiger partial charge in [0.15, 0.2) is 0 Å². The van der Waals surface area contributed by atoms with Crippen LogP contribution in [0.3, 0.4) is 0 Å². The standard InChI is InChI=1S/C22H20N6O4/c1-2-32-20-5-3-4-16(23-20)17-12-28(26-25-17)14-6-7-15-13(10-14)11-27(22(15)31)18-8-9-19(29)24-21(18)30/h3-7,10,12,18H,2,8-9,11H2,1H3,(H,24,29,30). The summed E-state index contributed by atoms with van der Waals surface area (Å²) < 4.78 is 7.06. The van der Waals surface area contributed by atoms with E-state index >= 15 is 0 Å². The maximum Gasteiger partial charge on any atom is 0.255 e. The average Bonchev–Trinajstić information content (AvgIpc) is 3.40. The first kappa shape index (κ1) is 19.9. The molecule has 1 saturated heterocycles. The van der Waals surface area contributed by atoms with Crippen molar-refractivity contribution in [1.82, 2.24) is 30.2 Å². The molecule has 2 aliphatic rings. The van der Waals surface area contributed by atoms with E-state index in [4.69, 9.17) is 4.74 Å². The molecular formula is C22H20N6O4. The number of nitrogens with one attached hydrogen (secondary N) is 1. The van der Waals surface area contributed by atoms with Gasteiger partial charge in [0.2, 0.25) is 17.7 Å². The summed E-state index contributed by atoms with van der Waals surface area (Å²) >= 11 is 0. The molecule has 1 aromatic carbocycles. The summed E-state index contributed by atoms with van der Waals surface area (Å²) in [6.07, 6.45) is 2.31. The second-order valence-electron chi connectivity index (χ2n) is 7.58. The predicted molar refractivity (Wildman–Crippen MR) is 112 cm³/mol. The van der Waals surface area contributed by atoms with Gasteiger partial charge < -0.3 is 9.64 Å². The van der Waals surface area contributed by atoms with Crippen LogP contribution >= 0.6 is 0 Å². The molecule has 1 fully saturated rings. The van der Waals surface area contributed by atoms with E-state index in [2.05, 4.69) is 20.6 Å². The third-order valence-corrected chi connectivity index (χ3v) is 5.54. The van der Waals surface area contributed by atoms with Crippen molar-refractivity contribution < 1.29 is 19.1 Å². The highest BCUT2D eigenvalue weighted by molar-refractivity contribution is 6.05. The number of carbonyl (C=O) groups excluding carboxylic acids is 3. The van der Waals surface area contributed by atoms with Crippen LogP contribution in [-0.2, 0) is 16.1 Å². The lowest BCUT2D eigenvalue weighted by Gasteiger charge is -2.29. The number of hydrogen-bond acceptors (Lipinski definition) is 7. The van der Waals surface area contributed by atoms with Crippen molar-refractivity contribution in [3.63, 3.8) is 0 Å². The van der Waals surface area contributed by atoms with E-state index in [0.717, 1.165) is 11.3 Å². The Bertz CT molecular complexity index is 1240. The van der Waals surface area contributed by atoms with Gasteiger partial charge in [0.05, 0.1) is 24.2 Å². The molecule has 32 heavy (non-hydrogen) atoms. The number of carbonyl (C=O) groups is 3. The van der Waals surface area contributed by atoms with Crippen LogP contribution in [0, 0.1) is 0 Å². The van der Waals surface area contributed by atoms with Crippen LogP contribution in [-0.4, -0.2) is 55.2 Å². The van der Waals surface area contributed by atoms with Gasteiger partial charge in [-0.05, 0) is 43.2 Å². The fourth-order valence-electron chi connectivity index (χ4n) is 4.00. The van der Waals surface area contributed by atoms with Crippen LogP contribution in [0.2, 0.25) is 0 Å². The van der Waals surface area contributed by atoms with Gasteiger partial charge in [-0.25, -0.2) is 9.67 Å². The zero-order chi connectivity index (χ0) is 22.2. The number of nitrogens with zero attached hydrogens (tertiary/aromatic N) is 5. The molecule has 2 aliphatic heterocycles. The van der Waals surface area contributed by atoms with Crippen LogP contribution < -0.4 is 10.1 Å². The monoisotopic (exact) mass is 432 g/mol. The Balaban J connectivity index is 1.39. The largest absolute Gasteiger partial charge is 0.478 e. The van der Waals surface area contributed by atoms with Crippen molar-refractivity contribution in [1.29, 1.82) is 0 Å². The second kappa shape index (κ2) is 7.88. The van der Waals surface area contributed by atoms with Crippen molar-refractivity contribution in [2.45, 2.75) is 32.4 Å². The minimum absolute atomic E-state index is 0.211. The Morgan fingerprint density at radius 3 is 2.84 bits per heavy atom. The van der Waals surface area contributed by atoms with Crippen molar-refractivity contribution in [2.75, 3.05) is 6.61 Å². The molecule has 162 valence electrons. The summed E-state index contributed by atoms with van der Waals surface area (Å²) in [5.41, 5.74) is 3.31. The molecular weight excluding hydrogens is 412 g/mol. The number of pyridine rings is 1. The van der Waals surface area contributed by atoms with E-state index in [1.165, 1.54) is 4.90 Å². The minimum Gasteiger partial charge on any atom is -0.478 e. The molecule has 0 spiro atoms. The summed E-state index contributed by atoms with van der Waals surface area (Å²) in [6, 6.07) is 10.2. The quantitative estimate of drug-likeness (QED) is 0.607. The van der Waals surface area contributed by atoms with Gasteiger partial charge in [-0.2, -0.15) is 0 Å². The molecule has 4 heterocycles.